The van der Waals surface area contributed by atoms with Crippen LogP contribution < -0.4 is 0 Å². The molecule has 2 aliphatic rings. The summed E-state index contributed by atoms with van der Waals surface area (Å²) in [7, 11) is 0. The van der Waals surface area contributed by atoms with Gasteiger partial charge in [-0.05, 0) is 26.3 Å². The van der Waals surface area contributed by atoms with Crippen LogP contribution >= 0.6 is 0 Å². The minimum atomic E-state index is 0.111. The Bertz CT molecular complexity index is 685. The lowest BCUT2D eigenvalue weighted by atomic mass is 9.78. The molecule has 0 aromatic heterocycles. The molecule has 2 aliphatic heterocycles. The number of hydrogen-bond donors (Lipinski definition) is 0. The molecule has 2 heterocycles. The monoisotopic (exact) mass is 278 g/mol. The van der Waals surface area contributed by atoms with E-state index in [1.54, 1.807) is 22.3 Å². The van der Waals surface area contributed by atoms with Gasteiger partial charge in [-0.3, -0.25) is 0 Å². The van der Waals surface area contributed by atoms with Gasteiger partial charge in [0.2, 0.25) is 0 Å². The van der Waals surface area contributed by atoms with Crippen molar-refractivity contribution in [1.82, 2.24) is 0 Å². The maximum absolute atomic E-state index is 2.48. The van der Waals surface area contributed by atoms with Crippen LogP contribution in [0, 0.1) is 0 Å². The van der Waals surface area contributed by atoms with Gasteiger partial charge in [0.15, 0.2) is 0 Å². The standard InChI is InChI=1S/C20H24N/c1-4-21(5-2)19-14-15-10-6-8-12-17(15)20(21,3)18-13-9-7-11-16(18)19/h6-13,19H,4-5,14H2,1-3H3/q+1/t19-,20+/m0/s1. The van der Waals surface area contributed by atoms with Gasteiger partial charge in [-0.1, -0.05) is 48.5 Å². The van der Waals surface area contributed by atoms with Crippen LogP contribution in [0.5, 0.6) is 0 Å². The van der Waals surface area contributed by atoms with Crippen LogP contribution in [0.25, 0.3) is 0 Å². The maximum Gasteiger partial charge on any atom is 0.149 e. The molecule has 2 bridgehead atoms. The lowest BCUT2D eigenvalue weighted by molar-refractivity contribution is -0.995. The lowest BCUT2D eigenvalue weighted by Gasteiger charge is -2.53. The largest absolute Gasteiger partial charge is 0.305 e. The quantitative estimate of drug-likeness (QED) is 0.713. The zero-order valence-electron chi connectivity index (χ0n) is 13.3. The van der Waals surface area contributed by atoms with E-state index >= 15 is 0 Å². The number of nitrogens with zero attached hydrogens (tertiary/aromatic N) is 1. The second-order valence-corrected chi connectivity index (χ2v) is 6.70. The Morgan fingerprint density at radius 1 is 0.952 bits per heavy atom. The highest BCUT2D eigenvalue weighted by Crippen LogP contribution is 2.60. The minimum Gasteiger partial charge on any atom is -0.305 e. The summed E-state index contributed by atoms with van der Waals surface area (Å²) in [5.41, 5.74) is 6.36. The second-order valence-electron chi connectivity index (χ2n) is 6.70. The first-order chi connectivity index (χ1) is 10.2. The van der Waals surface area contributed by atoms with Gasteiger partial charge in [0.1, 0.15) is 11.6 Å². The van der Waals surface area contributed by atoms with E-state index in [1.807, 2.05) is 0 Å². The van der Waals surface area contributed by atoms with Gasteiger partial charge in [-0.15, -0.1) is 0 Å². The number of likely N-dealkylation sites (N-methyl/N-ethyl adjacent to an activating group) is 1. The zero-order valence-corrected chi connectivity index (χ0v) is 13.3. The fourth-order valence-corrected chi connectivity index (χ4v) is 5.40. The SMILES string of the molecule is CC[N+]1(CC)[C@H]2Cc3ccccc3[C@]1(C)c1ccccc12. The molecule has 0 spiro atoms. The number of fused-ring (bicyclic) bond motifs is 7. The van der Waals surface area contributed by atoms with Gasteiger partial charge in [0.25, 0.3) is 0 Å². The average Bonchev–Trinajstić information content (AvgIpc) is 2.67. The van der Waals surface area contributed by atoms with E-state index in [2.05, 4.69) is 69.3 Å². The first-order valence-corrected chi connectivity index (χ1v) is 8.23. The molecule has 21 heavy (non-hydrogen) atoms. The van der Waals surface area contributed by atoms with Crippen molar-refractivity contribution in [2.24, 2.45) is 0 Å². The molecule has 1 heteroatoms. The van der Waals surface area contributed by atoms with Crippen LogP contribution in [0.3, 0.4) is 0 Å². The predicted molar refractivity (Wildman–Crippen MR) is 87.1 cm³/mol. The Morgan fingerprint density at radius 2 is 1.57 bits per heavy atom. The van der Waals surface area contributed by atoms with Crippen LogP contribution in [0.1, 0.15) is 49.1 Å². The van der Waals surface area contributed by atoms with Crippen molar-refractivity contribution < 1.29 is 4.48 Å². The number of rotatable bonds is 2. The maximum atomic E-state index is 2.48. The molecule has 0 radical (unpaired) electrons. The van der Waals surface area contributed by atoms with E-state index in [0.29, 0.717) is 6.04 Å². The summed E-state index contributed by atoms with van der Waals surface area (Å²) in [5.74, 6) is 0. The summed E-state index contributed by atoms with van der Waals surface area (Å²) in [6.07, 6.45) is 1.18. The fourth-order valence-electron chi connectivity index (χ4n) is 5.40. The third kappa shape index (κ3) is 1.31. The molecule has 4 rings (SSSR count). The van der Waals surface area contributed by atoms with Gasteiger partial charge in [0.05, 0.1) is 13.1 Å². The second kappa shape index (κ2) is 4.20. The Balaban J connectivity index is 2.11. The topological polar surface area (TPSA) is 0 Å². The number of hydrogen-bond acceptors (Lipinski definition) is 0. The van der Waals surface area contributed by atoms with Crippen LogP contribution in [-0.4, -0.2) is 17.6 Å². The van der Waals surface area contributed by atoms with E-state index in [1.165, 1.54) is 24.0 Å². The summed E-state index contributed by atoms with van der Waals surface area (Å²) in [4.78, 5) is 0. The highest BCUT2D eigenvalue weighted by molar-refractivity contribution is 5.51. The van der Waals surface area contributed by atoms with E-state index in [4.69, 9.17) is 0 Å². The molecule has 0 aliphatic carbocycles. The Labute approximate surface area is 127 Å². The minimum absolute atomic E-state index is 0.111. The van der Waals surface area contributed by atoms with E-state index < -0.39 is 0 Å². The van der Waals surface area contributed by atoms with E-state index in [-0.39, 0.29) is 5.54 Å². The Morgan fingerprint density at radius 3 is 2.29 bits per heavy atom. The van der Waals surface area contributed by atoms with E-state index in [0.717, 1.165) is 0 Å². The van der Waals surface area contributed by atoms with Gasteiger partial charge in [-0.2, -0.15) is 0 Å². The molecule has 0 N–H and O–H groups in total. The molecular weight excluding hydrogens is 254 g/mol. The van der Waals surface area contributed by atoms with Crippen molar-refractivity contribution in [3.8, 4) is 0 Å². The molecule has 2 aromatic carbocycles. The predicted octanol–water partition coefficient (Wildman–Crippen LogP) is 4.42. The smallest absolute Gasteiger partial charge is 0.149 e. The summed E-state index contributed by atoms with van der Waals surface area (Å²) in [6, 6.07) is 18.9. The first kappa shape index (κ1) is 13.1. The molecule has 108 valence electrons. The number of quaternary nitrogens is 1. The average molecular weight is 278 g/mol. The van der Waals surface area contributed by atoms with Crippen molar-refractivity contribution in [2.45, 2.75) is 38.8 Å². The first-order valence-electron chi connectivity index (χ1n) is 8.23. The number of benzene rings is 2. The Kier molecular flexibility index (Phi) is 2.62. The van der Waals surface area contributed by atoms with Crippen LogP contribution in [0.4, 0.5) is 0 Å². The van der Waals surface area contributed by atoms with Crippen molar-refractivity contribution in [3.05, 3.63) is 70.8 Å². The van der Waals surface area contributed by atoms with Gasteiger partial charge in [0, 0.05) is 23.1 Å². The lowest BCUT2D eigenvalue weighted by Crippen LogP contribution is -2.61. The van der Waals surface area contributed by atoms with Crippen molar-refractivity contribution in [2.75, 3.05) is 13.1 Å². The molecule has 0 saturated carbocycles. The van der Waals surface area contributed by atoms with Crippen LogP contribution in [0.15, 0.2) is 48.5 Å². The fraction of sp³-hybridized carbons (Fsp3) is 0.400. The Hall–Kier alpha value is -1.60. The van der Waals surface area contributed by atoms with Crippen molar-refractivity contribution in [1.29, 1.82) is 0 Å². The molecule has 0 unspecified atom stereocenters. The third-order valence-corrected chi connectivity index (χ3v) is 6.42. The van der Waals surface area contributed by atoms with Crippen molar-refractivity contribution in [3.63, 3.8) is 0 Å². The molecule has 2 aromatic rings. The van der Waals surface area contributed by atoms with Gasteiger partial charge in [-0.25, -0.2) is 0 Å². The molecule has 2 atom stereocenters. The van der Waals surface area contributed by atoms with E-state index in [9.17, 15) is 0 Å². The summed E-state index contributed by atoms with van der Waals surface area (Å²) >= 11 is 0. The molecule has 0 fully saturated rings. The third-order valence-electron chi connectivity index (χ3n) is 6.42. The van der Waals surface area contributed by atoms with Crippen LogP contribution in [0.2, 0.25) is 0 Å². The summed E-state index contributed by atoms with van der Waals surface area (Å²) in [5, 5.41) is 0. The molecule has 1 nitrogen and oxygen atoms in total. The highest BCUT2D eigenvalue weighted by atomic mass is 15.4. The zero-order chi connectivity index (χ0) is 14.7. The van der Waals surface area contributed by atoms with Gasteiger partial charge < -0.3 is 4.48 Å². The van der Waals surface area contributed by atoms with Crippen LogP contribution in [-0.2, 0) is 12.0 Å². The normalized spacial score (nSPS) is 28.0. The van der Waals surface area contributed by atoms with Gasteiger partial charge >= 0.3 is 0 Å². The highest BCUT2D eigenvalue weighted by Gasteiger charge is 2.62. The summed E-state index contributed by atoms with van der Waals surface area (Å²) in [6.45, 7) is 9.61. The van der Waals surface area contributed by atoms with Crippen molar-refractivity contribution >= 4 is 0 Å². The molecule has 0 saturated heterocycles. The summed E-state index contributed by atoms with van der Waals surface area (Å²) < 4.78 is 1.18. The molecular formula is C20H24N+. The molecule has 0 amide bonds.